The highest BCUT2D eigenvalue weighted by molar-refractivity contribution is 5.76. The van der Waals surface area contributed by atoms with Crippen LogP contribution in [0.4, 0.5) is 0 Å². The first kappa shape index (κ1) is 11.7. The molecule has 1 aromatic rings. The fourth-order valence-corrected chi connectivity index (χ4v) is 2.78. The fraction of sp³-hybridized carbons (Fsp3) is 0.692. The van der Waals surface area contributed by atoms with Crippen LogP contribution in [0, 0.1) is 0 Å². The van der Waals surface area contributed by atoms with Gasteiger partial charge in [-0.25, -0.2) is 4.98 Å². The molecule has 5 nitrogen and oxygen atoms in total. The van der Waals surface area contributed by atoms with Crippen LogP contribution in [0.5, 0.6) is 0 Å². The Balaban J connectivity index is 1.50. The molecule has 1 aromatic heterocycles. The Morgan fingerprint density at radius 3 is 3.33 bits per heavy atom. The van der Waals surface area contributed by atoms with Crippen molar-refractivity contribution in [1.29, 1.82) is 0 Å². The molecule has 3 heterocycles. The summed E-state index contributed by atoms with van der Waals surface area (Å²) >= 11 is 0. The van der Waals surface area contributed by atoms with Gasteiger partial charge in [-0.3, -0.25) is 4.79 Å². The Morgan fingerprint density at radius 2 is 2.50 bits per heavy atom. The van der Waals surface area contributed by atoms with E-state index in [0.717, 1.165) is 44.7 Å². The smallest absolute Gasteiger partial charge is 0.222 e. The lowest BCUT2D eigenvalue weighted by molar-refractivity contribution is -0.124. The highest BCUT2D eigenvalue weighted by atomic mass is 16.5. The van der Waals surface area contributed by atoms with Gasteiger partial charge in [0.15, 0.2) is 0 Å². The van der Waals surface area contributed by atoms with Gasteiger partial charge in [0.25, 0.3) is 0 Å². The summed E-state index contributed by atoms with van der Waals surface area (Å²) < 4.78 is 7.61. The number of nitrogens with one attached hydrogen (secondary N) is 1. The van der Waals surface area contributed by atoms with E-state index in [1.807, 2.05) is 12.4 Å². The SMILES string of the molecule is O=C(C[C@H]1CCCO1)N[C@@H]1CCc2nccn2C1. The molecular weight excluding hydrogens is 230 g/mol. The Bertz CT molecular complexity index is 424. The summed E-state index contributed by atoms with van der Waals surface area (Å²) in [6.45, 7) is 1.65. The van der Waals surface area contributed by atoms with E-state index in [1.54, 1.807) is 0 Å². The molecule has 0 bridgehead atoms. The van der Waals surface area contributed by atoms with Gasteiger partial charge in [0.1, 0.15) is 5.82 Å². The minimum Gasteiger partial charge on any atom is -0.378 e. The van der Waals surface area contributed by atoms with Crippen molar-refractivity contribution in [2.45, 2.75) is 50.8 Å². The topological polar surface area (TPSA) is 56.1 Å². The van der Waals surface area contributed by atoms with Gasteiger partial charge in [0.05, 0.1) is 12.5 Å². The molecule has 1 amide bonds. The average molecular weight is 249 g/mol. The predicted octanol–water partition coefficient (Wildman–Crippen LogP) is 0.883. The van der Waals surface area contributed by atoms with Gasteiger partial charge in [-0.05, 0) is 19.3 Å². The van der Waals surface area contributed by atoms with Gasteiger partial charge in [-0.1, -0.05) is 0 Å². The van der Waals surface area contributed by atoms with E-state index in [-0.39, 0.29) is 18.1 Å². The highest BCUT2D eigenvalue weighted by Gasteiger charge is 2.23. The summed E-state index contributed by atoms with van der Waals surface area (Å²) in [6.07, 6.45) is 8.47. The molecule has 1 N–H and O–H groups in total. The van der Waals surface area contributed by atoms with Crippen LogP contribution < -0.4 is 5.32 Å². The highest BCUT2D eigenvalue weighted by Crippen LogP contribution is 2.16. The summed E-state index contributed by atoms with van der Waals surface area (Å²) in [6, 6.07) is 0.237. The number of hydrogen-bond acceptors (Lipinski definition) is 3. The molecule has 98 valence electrons. The van der Waals surface area contributed by atoms with E-state index in [4.69, 9.17) is 4.74 Å². The number of aromatic nitrogens is 2. The van der Waals surface area contributed by atoms with Crippen LogP contribution in [0.2, 0.25) is 0 Å². The second-order valence-corrected chi connectivity index (χ2v) is 5.14. The molecule has 0 radical (unpaired) electrons. The quantitative estimate of drug-likeness (QED) is 0.865. The minimum absolute atomic E-state index is 0.121. The van der Waals surface area contributed by atoms with E-state index in [0.29, 0.717) is 6.42 Å². The minimum atomic E-state index is 0.121. The summed E-state index contributed by atoms with van der Waals surface area (Å²) in [7, 11) is 0. The third kappa shape index (κ3) is 2.56. The maximum absolute atomic E-state index is 11.9. The molecule has 5 heteroatoms. The first-order chi connectivity index (χ1) is 8.81. The van der Waals surface area contributed by atoms with Crippen molar-refractivity contribution in [3.8, 4) is 0 Å². The van der Waals surface area contributed by atoms with Crippen molar-refractivity contribution in [2.24, 2.45) is 0 Å². The molecule has 0 spiro atoms. The summed E-state index contributed by atoms with van der Waals surface area (Å²) in [5.74, 6) is 1.25. The maximum atomic E-state index is 11.9. The second kappa shape index (κ2) is 5.10. The molecule has 0 unspecified atom stereocenters. The monoisotopic (exact) mass is 249 g/mol. The van der Waals surface area contributed by atoms with E-state index >= 15 is 0 Å². The average Bonchev–Trinajstić information content (AvgIpc) is 2.98. The van der Waals surface area contributed by atoms with Crippen LogP contribution in [-0.2, 0) is 22.5 Å². The Labute approximate surface area is 107 Å². The maximum Gasteiger partial charge on any atom is 0.222 e. The number of imidazole rings is 1. The zero-order valence-corrected chi connectivity index (χ0v) is 10.5. The van der Waals surface area contributed by atoms with Crippen molar-refractivity contribution >= 4 is 5.91 Å². The van der Waals surface area contributed by atoms with Crippen LogP contribution in [0.25, 0.3) is 0 Å². The molecule has 2 atom stereocenters. The van der Waals surface area contributed by atoms with Crippen molar-refractivity contribution in [3.63, 3.8) is 0 Å². The van der Waals surface area contributed by atoms with Crippen LogP contribution >= 0.6 is 0 Å². The van der Waals surface area contributed by atoms with Crippen LogP contribution in [0.1, 0.15) is 31.5 Å². The second-order valence-electron chi connectivity index (χ2n) is 5.14. The number of carbonyl (C=O) groups excluding carboxylic acids is 1. The number of rotatable bonds is 3. The van der Waals surface area contributed by atoms with Gasteiger partial charge >= 0.3 is 0 Å². The third-order valence-corrected chi connectivity index (χ3v) is 3.74. The van der Waals surface area contributed by atoms with Gasteiger partial charge in [-0.15, -0.1) is 0 Å². The Morgan fingerprint density at radius 1 is 1.56 bits per heavy atom. The van der Waals surface area contributed by atoms with Crippen molar-refractivity contribution in [2.75, 3.05) is 6.61 Å². The number of carbonyl (C=O) groups is 1. The summed E-state index contributed by atoms with van der Waals surface area (Å²) in [4.78, 5) is 16.2. The Hall–Kier alpha value is -1.36. The normalized spacial score (nSPS) is 26.9. The first-order valence-electron chi connectivity index (χ1n) is 6.72. The number of aryl methyl sites for hydroxylation is 1. The lowest BCUT2D eigenvalue weighted by atomic mass is 10.1. The molecule has 0 aliphatic carbocycles. The van der Waals surface area contributed by atoms with E-state index in [2.05, 4.69) is 14.9 Å². The molecule has 2 aliphatic rings. The Kier molecular flexibility index (Phi) is 3.32. The zero-order valence-electron chi connectivity index (χ0n) is 10.5. The number of hydrogen-bond donors (Lipinski definition) is 1. The van der Waals surface area contributed by atoms with E-state index in [9.17, 15) is 4.79 Å². The first-order valence-corrected chi connectivity index (χ1v) is 6.72. The van der Waals surface area contributed by atoms with Crippen molar-refractivity contribution < 1.29 is 9.53 Å². The van der Waals surface area contributed by atoms with E-state index < -0.39 is 0 Å². The predicted molar refractivity (Wildman–Crippen MR) is 66.1 cm³/mol. The molecule has 0 aromatic carbocycles. The molecule has 1 fully saturated rings. The lowest BCUT2D eigenvalue weighted by Gasteiger charge is -2.25. The molecule has 18 heavy (non-hydrogen) atoms. The summed E-state index contributed by atoms with van der Waals surface area (Å²) in [5.41, 5.74) is 0. The van der Waals surface area contributed by atoms with Crippen molar-refractivity contribution in [3.05, 3.63) is 18.2 Å². The molecular formula is C13H19N3O2. The fourth-order valence-electron chi connectivity index (χ4n) is 2.78. The molecule has 3 rings (SSSR count). The zero-order chi connectivity index (χ0) is 12.4. The molecule has 2 aliphatic heterocycles. The molecule has 0 saturated carbocycles. The summed E-state index contributed by atoms with van der Waals surface area (Å²) in [5, 5.41) is 3.11. The standard InChI is InChI=1S/C13H19N3O2/c17-13(8-11-2-1-7-18-11)15-10-3-4-12-14-5-6-16(12)9-10/h5-6,10-11H,1-4,7-9H2,(H,15,17)/t10-,11-/m1/s1. The third-order valence-electron chi connectivity index (χ3n) is 3.74. The van der Waals surface area contributed by atoms with Crippen LogP contribution in [-0.4, -0.2) is 34.2 Å². The lowest BCUT2D eigenvalue weighted by Crippen LogP contribution is -2.41. The number of ether oxygens (including phenoxy) is 1. The van der Waals surface area contributed by atoms with Gasteiger partial charge in [0.2, 0.25) is 5.91 Å². The number of fused-ring (bicyclic) bond motifs is 1. The largest absolute Gasteiger partial charge is 0.378 e. The molecule has 1 saturated heterocycles. The number of nitrogens with zero attached hydrogens (tertiary/aromatic N) is 2. The number of amides is 1. The van der Waals surface area contributed by atoms with E-state index in [1.165, 1.54) is 0 Å². The van der Waals surface area contributed by atoms with Gasteiger partial charge < -0.3 is 14.6 Å². The van der Waals surface area contributed by atoms with Gasteiger partial charge in [-0.2, -0.15) is 0 Å². The van der Waals surface area contributed by atoms with Crippen LogP contribution in [0.3, 0.4) is 0 Å². The van der Waals surface area contributed by atoms with Gasteiger partial charge in [0, 0.05) is 38.0 Å². The van der Waals surface area contributed by atoms with Crippen LogP contribution in [0.15, 0.2) is 12.4 Å². The van der Waals surface area contributed by atoms with Crippen molar-refractivity contribution in [1.82, 2.24) is 14.9 Å².